The van der Waals surface area contributed by atoms with Gasteiger partial charge in [-0.15, -0.1) is 11.3 Å². The van der Waals surface area contributed by atoms with Gasteiger partial charge in [0.25, 0.3) is 5.91 Å². The highest BCUT2D eigenvalue weighted by Crippen LogP contribution is 2.37. The first-order valence-corrected chi connectivity index (χ1v) is 11.5. The molecule has 0 fully saturated rings. The maximum atomic E-state index is 12.3. The molecule has 0 saturated heterocycles. The van der Waals surface area contributed by atoms with Crippen LogP contribution in [0.3, 0.4) is 0 Å². The molecule has 4 aromatic rings. The molecular formula is C22H17ClN4O2S2. The van der Waals surface area contributed by atoms with E-state index in [4.69, 9.17) is 11.6 Å². The molecule has 31 heavy (non-hydrogen) atoms. The maximum Gasteiger partial charge on any atom is 0.269 e. The van der Waals surface area contributed by atoms with Crippen LogP contribution in [-0.2, 0) is 4.79 Å². The van der Waals surface area contributed by atoms with Crippen molar-refractivity contribution in [2.75, 3.05) is 5.75 Å². The molecule has 0 aliphatic heterocycles. The average molecular weight is 469 g/mol. The predicted octanol–water partition coefficient (Wildman–Crippen LogP) is 4.87. The van der Waals surface area contributed by atoms with Crippen LogP contribution in [0.25, 0.3) is 21.3 Å². The maximum absolute atomic E-state index is 12.3. The summed E-state index contributed by atoms with van der Waals surface area (Å²) in [6.07, 6.45) is 1.50. The second-order valence-electron chi connectivity index (χ2n) is 6.67. The minimum atomic E-state index is -0.418. The number of aryl methyl sites for hydroxylation is 1. The molecule has 0 unspecified atom stereocenters. The van der Waals surface area contributed by atoms with E-state index in [0.717, 1.165) is 26.4 Å². The third-order valence-electron chi connectivity index (χ3n) is 4.46. The monoisotopic (exact) mass is 468 g/mol. The number of rotatable bonds is 5. The van der Waals surface area contributed by atoms with Gasteiger partial charge in [0.2, 0.25) is 5.91 Å². The Balaban J connectivity index is 1.43. The molecular weight excluding hydrogens is 452 g/mol. The number of halogens is 1. The standard InChI is InChI=1S/C22H17ClN4O2S2/c1-13-2-4-14(5-3-13)17-10-30-21-19(17)22(25-12-24-21)31-11-18(28)26-27-20(29)15-6-8-16(23)9-7-15/h2-10,12H,11H2,1H3,(H,26,28)(H,27,29). The lowest BCUT2D eigenvalue weighted by Gasteiger charge is -2.08. The number of carbonyl (C=O) groups excluding carboxylic acids is 2. The van der Waals surface area contributed by atoms with Crippen LogP contribution < -0.4 is 10.9 Å². The average Bonchev–Trinajstić information content (AvgIpc) is 3.22. The van der Waals surface area contributed by atoms with Crippen molar-refractivity contribution < 1.29 is 9.59 Å². The van der Waals surface area contributed by atoms with Gasteiger partial charge in [-0.1, -0.05) is 53.2 Å². The van der Waals surface area contributed by atoms with E-state index in [2.05, 4.69) is 50.5 Å². The zero-order valence-corrected chi connectivity index (χ0v) is 18.8. The Morgan fingerprint density at radius 3 is 2.52 bits per heavy atom. The molecule has 9 heteroatoms. The molecule has 156 valence electrons. The number of thiophene rings is 1. The van der Waals surface area contributed by atoms with Gasteiger partial charge in [-0.05, 0) is 36.8 Å². The number of hydrogen-bond acceptors (Lipinski definition) is 6. The van der Waals surface area contributed by atoms with Crippen molar-refractivity contribution >= 4 is 56.7 Å². The summed E-state index contributed by atoms with van der Waals surface area (Å²) in [7, 11) is 0. The van der Waals surface area contributed by atoms with Crippen LogP contribution in [0.5, 0.6) is 0 Å². The lowest BCUT2D eigenvalue weighted by molar-refractivity contribution is -0.119. The summed E-state index contributed by atoms with van der Waals surface area (Å²) in [5, 5.41) is 4.24. The first kappa shape index (κ1) is 21.3. The van der Waals surface area contributed by atoms with Crippen LogP contribution in [0, 0.1) is 6.92 Å². The van der Waals surface area contributed by atoms with Crippen molar-refractivity contribution in [1.82, 2.24) is 20.8 Å². The highest BCUT2D eigenvalue weighted by atomic mass is 35.5. The Hall–Kier alpha value is -2.94. The van der Waals surface area contributed by atoms with Crippen molar-refractivity contribution in [2.24, 2.45) is 0 Å². The largest absolute Gasteiger partial charge is 0.272 e. The molecule has 0 saturated carbocycles. The molecule has 0 bridgehead atoms. The number of hydrazine groups is 1. The first-order valence-electron chi connectivity index (χ1n) is 9.28. The van der Waals surface area contributed by atoms with Gasteiger partial charge in [-0.25, -0.2) is 9.97 Å². The molecule has 0 aliphatic rings. The molecule has 0 radical (unpaired) electrons. The Morgan fingerprint density at radius 2 is 1.77 bits per heavy atom. The summed E-state index contributed by atoms with van der Waals surface area (Å²) in [6, 6.07) is 14.6. The molecule has 2 amide bonds. The SMILES string of the molecule is Cc1ccc(-c2csc3ncnc(SCC(=O)NNC(=O)c4ccc(Cl)cc4)c23)cc1. The van der Waals surface area contributed by atoms with E-state index >= 15 is 0 Å². The fourth-order valence-electron chi connectivity index (χ4n) is 2.87. The fourth-order valence-corrected chi connectivity index (χ4v) is 4.79. The minimum absolute atomic E-state index is 0.0934. The topological polar surface area (TPSA) is 84.0 Å². The number of carbonyl (C=O) groups is 2. The van der Waals surface area contributed by atoms with Gasteiger partial charge in [0.05, 0.1) is 11.1 Å². The van der Waals surface area contributed by atoms with E-state index in [1.165, 1.54) is 23.7 Å². The van der Waals surface area contributed by atoms with Crippen LogP contribution in [0.4, 0.5) is 0 Å². The van der Waals surface area contributed by atoms with Crippen LogP contribution >= 0.6 is 34.7 Å². The summed E-state index contributed by atoms with van der Waals surface area (Å²) < 4.78 is 0. The number of nitrogens with one attached hydrogen (secondary N) is 2. The Kier molecular flexibility index (Phi) is 6.50. The molecule has 4 rings (SSSR count). The number of aromatic nitrogens is 2. The molecule has 6 nitrogen and oxygen atoms in total. The third kappa shape index (κ3) is 5.04. The van der Waals surface area contributed by atoms with E-state index in [0.29, 0.717) is 10.6 Å². The number of hydrogen-bond donors (Lipinski definition) is 2. The number of benzene rings is 2. The van der Waals surface area contributed by atoms with Crippen LogP contribution in [0.1, 0.15) is 15.9 Å². The third-order valence-corrected chi connectivity index (χ3v) is 6.59. The van der Waals surface area contributed by atoms with Crippen LogP contribution in [-0.4, -0.2) is 27.5 Å². The van der Waals surface area contributed by atoms with Gasteiger partial charge >= 0.3 is 0 Å². The molecule has 2 N–H and O–H groups in total. The molecule has 0 atom stereocenters. The van der Waals surface area contributed by atoms with Crippen molar-refractivity contribution in [2.45, 2.75) is 11.9 Å². The fraction of sp³-hybridized carbons (Fsp3) is 0.0909. The van der Waals surface area contributed by atoms with E-state index in [-0.39, 0.29) is 11.7 Å². The molecule has 2 heterocycles. The summed E-state index contributed by atoms with van der Waals surface area (Å²) in [5.41, 5.74) is 8.53. The highest BCUT2D eigenvalue weighted by molar-refractivity contribution is 8.00. The van der Waals surface area contributed by atoms with Crippen LogP contribution in [0.15, 0.2) is 65.3 Å². The number of amides is 2. The van der Waals surface area contributed by atoms with E-state index in [1.54, 1.807) is 35.6 Å². The van der Waals surface area contributed by atoms with Gasteiger partial charge in [0, 0.05) is 21.5 Å². The number of thioether (sulfide) groups is 1. The Bertz CT molecular complexity index is 1240. The normalized spacial score (nSPS) is 10.8. The summed E-state index contributed by atoms with van der Waals surface area (Å²) >= 11 is 8.66. The predicted molar refractivity (Wildman–Crippen MR) is 125 cm³/mol. The Morgan fingerprint density at radius 1 is 1.03 bits per heavy atom. The number of nitrogens with zero attached hydrogens (tertiary/aromatic N) is 2. The van der Waals surface area contributed by atoms with Gasteiger partial charge < -0.3 is 0 Å². The smallest absolute Gasteiger partial charge is 0.269 e. The first-order chi connectivity index (χ1) is 15.0. The minimum Gasteiger partial charge on any atom is -0.272 e. The summed E-state index contributed by atoms with van der Waals surface area (Å²) in [5.74, 6) is -0.666. The molecule has 2 aromatic heterocycles. The van der Waals surface area contributed by atoms with E-state index < -0.39 is 5.91 Å². The van der Waals surface area contributed by atoms with Crippen molar-refractivity contribution in [3.05, 3.63) is 76.4 Å². The second-order valence-corrected chi connectivity index (χ2v) is 8.93. The van der Waals surface area contributed by atoms with Gasteiger partial charge in [0.1, 0.15) is 16.2 Å². The number of fused-ring (bicyclic) bond motifs is 1. The molecule has 0 spiro atoms. The quantitative estimate of drug-likeness (QED) is 0.248. The van der Waals surface area contributed by atoms with E-state index in [1.807, 2.05) is 6.92 Å². The van der Waals surface area contributed by atoms with Gasteiger partial charge in [-0.2, -0.15) is 0 Å². The summed E-state index contributed by atoms with van der Waals surface area (Å²) in [6.45, 7) is 2.05. The Labute approximate surface area is 192 Å². The lowest BCUT2D eigenvalue weighted by atomic mass is 10.1. The molecule has 2 aromatic carbocycles. The summed E-state index contributed by atoms with van der Waals surface area (Å²) in [4.78, 5) is 34.0. The van der Waals surface area contributed by atoms with Crippen LogP contribution in [0.2, 0.25) is 5.02 Å². The van der Waals surface area contributed by atoms with E-state index in [9.17, 15) is 9.59 Å². The zero-order chi connectivity index (χ0) is 21.8. The van der Waals surface area contributed by atoms with Crippen molar-refractivity contribution in [1.29, 1.82) is 0 Å². The lowest BCUT2D eigenvalue weighted by Crippen LogP contribution is -2.42. The van der Waals surface area contributed by atoms with Gasteiger partial charge in [-0.3, -0.25) is 20.4 Å². The van der Waals surface area contributed by atoms with Crippen molar-refractivity contribution in [3.8, 4) is 11.1 Å². The second kappa shape index (κ2) is 9.47. The highest BCUT2D eigenvalue weighted by Gasteiger charge is 2.15. The zero-order valence-electron chi connectivity index (χ0n) is 16.4. The van der Waals surface area contributed by atoms with Crippen molar-refractivity contribution in [3.63, 3.8) is 0 Å². The molecule has 0 aliphatic carbocycles. The van der Waals surface area contributed by atoms with Gasteiger partial charge in [0.15, 0.2) is 0 Å².